The summed E-state index contributed by atoms with van der Waals surface area (Å²) in [7, 11) is 2.59. The zero-order valence-corrected chi connectivity index (χ0v) is 41.5. The lowest BCUT2D eigenvalue weighted by molar-refractivity contribution is -0.120. The molecule has 0 radical (unpaired) electrons. The number of piperazine rings is 1. The van der Waals surface area contributed by atoms with E-state index in [0.29, 0.717) is 80.1 Å². The zero-order valence-electron chi connectivity index (χ0n) is 39.0. The molecule has 3 aliphatic rings. The van der Waals surface area contributed by atoms with Gasteiger partial charge >= 0.3 is 6.03 Å². The minimum absolute atomic E-state index is 0.161. The molecule has 18 nitrogen and oxygen atoms in total. The van der Waals surface area contributed by atoms with Gasteiger partial charge in [0.1, 0.15) is 24.5 Å². The van der Waals surface area contributed by atoms with E-state index in [1.54, 1.807) is 49.2 Å². The van der Waals surface area contributed by atoms with Crippen molar-refractivity contribution < 1.29 is 23.3 Å². The number of carbonyl (C=O) groups excluding carboxylic acids is 2. The summed E-state index contributed by atoms with van der Waals surface area (Å²) in [6, 6.07) is 14.5. The number of benzene rings is 3. The van der Waals surface area contributed by atoms with Gasteiger partial charge in [-0.25, -0.2) is 14.2 Å². The lowest BCUT2D eigenvalue weighted by Gasteiger charge is -2.40. The first-order valence-electron chi connectivity index (χ1n) is 22.9. The van der Waals surface area contributed by atoms with Crippen molar-refractivity contribution in [3.05, 3.63) is 83.6 Å². The van der Waals surface area contributed by atoms with Crippen LogP contribution in [0, 0.1) is 11.7 Å². The average Bonchev–Trinajstić information content (AvgIpc) is 3.91. The van der Waals surface area contributed by atoms with E-state index in [9.17, 15) is 14.2 Å². The second kappa shape index (κ2) is 18.7. The summed E-state index contributed by atoms with van der Waals surface area (Å²) >= 11 is 3.62. The molecule has 3 fully saturated rings. The number of imide groups is 1. The van der Waals surface area contributed by atoms with Gasteiger partial charge in [-0.1, -0.05) is 6.07 Å². The standard InChI is InChI=1S/C48H53BrFN14O4P/c1-59-28-30(25-53-59)32-22-38(55-47-52-26-34(49)45(57-47)54-37-9-8-36-31(7-6-13-51-36)44(37)69(4,5)67)42(68-3)24-40(32)62-14-10-29(11-15-62)27-61-17-19-63(20-18-61)41-23-39-33(21-35(41)50)46(58-60(39)2)64-16-12-43(65)56-48(64)66/h6-9,13,21-26,28-29H,10-12,14-20,27H2,1-5H3,(H,56,65,66)(H2,52,54,55,57). The fourth-order valence-corrected chi connectivity index (χ4v) is 11.6. The van der Waals surface area contributed by atoms with Crippen LogP contribution in [0.5, 0.6) is 5.75 Å². The highest BCUT2D eigenvalue weighted by Gasteiger charge is 2.31. The molecule has 21 heteroatoms. The predicted molar refractivity (Wildman–Crippen MR) is 272 cm³/mol. The van der Waals surface area contributed by atoms with Gasteiger partial charge in [-0.3, -0.25) is 34.3 Å². The molecule has 0 atom stereocenters. The minimum atomic E-state index is -2.75. The Hall–Kier alpha value is -6.63. The molecule has 0 unspecified atom stereocenters. The number of ether oxygens (including phenoxy) is 1. The monoisotopic (exact) mass is 1020 g/mol. The quantitative estimate of drug-likeness (QED) is 0.103. The number of fused-ring (bicyclic) bond motifs is 2. The van der Waals surface area contributed by atoms with Crippen LogP contribution >= 0.6 is 23.1 Å². The molecule has 3 saturated heterocycles. The van der Waals surface area contributed by atoms with Gasteiger partial charge in [0.05, 0.1) is 45.9 Å². The summed E-state index contributed by atoms with van der Waals surface area (Å²) in [5.41, 5.74) is 6.37. The van der Waals surface area contributed by atoms with Crippen LogP contribution in [0.2, 0.25) is 0 Å². The van der Waals surface area contributed by atoms with Crippen molar-refractivity contribution in [1.29, 1.82) is 0 Å². The molecule has 0 saturated carbocycles. The van der Waals surface area contributed by atoms with Crippen molar-refractivity contribution in [3.63, 3.8) is 0 Å². The Bertz CT molecular complexity index is 3180. The van der Waals surface area contributed by atoms with E-state index in [0.717, 1.165) is 73.3 Å². The number of carbonyl (C=O) groups is 2. The Balaban J connectivity index is 0.814. The average molecular weight is 1020 g/mol. The molecule has 7 aromatic rings. The van der Waals surface area contributed by atoms with Gasteiger partial charge in [0.15, 0.2) is 5.82 Å². The number of hydrogen-bond donors (Lipinski definition) is 3. The number of aryl methyl sites for hydroxylation is 2. The highest BCUT2D eigenvalue weighted by molar-refractivity contribution is 9.10. The van der Waals surface area contributed by atoms with Crippen LogP contribution in [0.4, 0.5) is 49.5 Å². The Labute approximate surface area is 406 Å². The number of nitrogens with one attached hydrogen (secondary N) is 3. The molecule has 69 heavy (non-hydrogen) atoms. The molecule has 0 bridgehead atoms. The maximum Gasteiger partial charge on any atom is 0.329 e. The lowest BCUT2D eigenvalue weighted by atomic mass is 9.94. The van der Waals surface area contributed by atoms with E-state index in [4.69, 9.17) is 9.72 Å². The van der Waals surface area contributed by atoms with Crippen molar-refractivity contribution in [1.82, 2.24) is 44.7 Å². The normalized spacial score (nSPS) is 16.4. The Morgan fingerprint density at radius 1 is 0.899 bits per heavy atom. The van der Waals surface area contributed by atoms with Gasteiger partial charge in [0.2, 0.25) is 11.9 Å². The first-order valence-corrected chi connectivity index (χ1v) is 26.3. The highest BCUT2D eigenvalue weighted by atomic mass is 79.9. The molecule has 3 aliphatic heterocycles. The number of methoxy groups -OCH3 is 1. The van der Waals surface area contributed by atoms with Crippen LogP contribution in [0.3, 0.4) is 0 Å². The van der Waals surface area contributed by atoms with Gasteiger partial charge in [-0.15, -0.1) is 0 Å². The first-order chi connectivity index (χ1) is 33.2. The van der Waals surface area contributed by atoms with Crippen molar-refractivity contribution in [3.8, 4) is 16.9 Å². The maximum absolute atomic E-state index is 15.8. The van der Waals surface area contributed by atoms with Crippen LogP contribution in [-0.4, -0.2) is 124 Å². The van der Waals surface area contributed by atoms with Crippen LogP contribution in [0.15, 0.2) is 77.8 Å². The fraction of sp³-hybridized carbons (Fsp3) is 0.354. The number of nitrogens with zero attached hydrogens (tertiary/aromatic N) is 11. The number of pyridine rings is 1. The van der Waals surface area contributed by atoms with Crippen molar-refractivity contribution in [2.24, 2.45) is 20.0 Å². The van der Waals surface area contributed by atoms with E-state index in [1.165, 1.54) is 11.0 Å². The summed E-state index contributed by atoms with van der Waals surface area (Å²) in [5.74, 6) is 1.61. The van der Waals surface area contributed by atoms with Crippen LogP contribution < -0.4 is 40.7 Å². The highest BCUT2D eigenvalue weighted by Crippen LogP contribution is 2.44. The van der Waals surface area contributed by atoms with Crippen LogP contribution in [0.1, 0.15) is 19.3 Å². The number of amides is 3. The van der Waals surface area contributed by atoms with Crippen molar-refractivity contribution in [2.75, 3.05) is 98.1 Å². The van der Waals surface area contributed by atoms with Gasteiger partial charge in [0, 0.05) is 130 Å². The Morgan fingerprint density at radius 3 is 2.41 bits per heavy atom. The molecule has 4 aromatic heterocycles. The van der Waals surface area contributed by atoms with Crippen LogP contribution in [0.25, 0.3) is 32.9 Å². The summed E-state index contributed by atoms with van der Waals surface area (Å²) in [6.45, 7) is 9.39. The second-order valence-corrected chi connectivity index (χ2v) is 22.2. The molecule has 10 rings (SSSR count). The number of piperidine rings is 1. The molecule has 358 valence electrons. The number of rotatable bonds is 12. The zero-order chi connectivity index (χ0) is 48.1. The number of hydrogen-bond acceptors (Lipinski definition) is 14. The van der Waals surface area contributed by atoms with Crippen molar-refractivity contribution >= 4 is 102 Å². The smallest absolute Gasteiger partial charge is 0.329 e. The summed E-state index contributed by atoms with van der Waals surface area (Å²) < 4.78 is 39.6. The van der Waals surface area contributed by atoms with E-state index in [2.05, 4.69) is 78.9 Å². The molecule has 3 N–H and O–H groups in total. The Morgan fingerprint density at radius 2 is 1.68 bits per heavy atom. The molecule has 3 amide bonds. The molecular formula is C48H53BrFN14O4P. The maximum atomic E-state index is 15.8. The third-order valence-corrected chi connectivity index (χ3v) is 15.4. The van der Waals surface area contributed by atoms with E-state index in [-0.39, 0.29) is 24.7 Å². The summed E-state index contributed by atoms with van der Waals surface area (Å²) in [6.07, 6.45) is 9.46. The van der Waals surface area contributed by atoms with E-state index < -0.39 is 13.2 Å². The Kier molecular flexibility index (Phi) is 12.5. The summed E-state index contributed by atoms with van der Waals surface area (Å²) in [4.78, 5) is 46.7. The molecule has 0 spiro atoms. The SMILES string of the molecule is COc1cc(N2CCC(CN3CCN(c4cc5c(cc4F)c(N4CCC(=O)NC4=O)nn5C)CC3)CC2)c(-c2cnn(C)c2)cc1Nc1ncc(Br)c(Nc2ccc3ncccc3c2P(C)(C)=O)n1. The van der Waals surface area contributed by atoms with Gasteiger partial charge in [-0.2, -0.15) is 15.2 Å². The minimum Gasteiger partial charge on any atom is -0.494 e. The van der Waals surface area contributed by atoms with Gasteiger partial charge in [-0.05, 0) is 84.4 Å². The fourth-order valence-electron chi connectivity index (χ4n) is 9.82. The molecule has 7 heterocycles. The number of aromatic nitrogens is 7. The number of anilines is 7. The number of halogens is 2. The number of urea groups is 1. The van der Waals surface area contributed by atoms with Crippen LogP contribution in [-0.2, 0) is 23.5 Å². The third-order valence-electron chi connectivity index (χ3n) is 13.3. The van der Waals surface area contributed by atoms with Gasteiger partial charge in [0.25, 0.3) is 0 Å². The van der Waals surface area contributed by atoms with Gasteiger partial charge < -0.3 is 29.7 Å². The molecular weight excluding hydrogens is 966 g/mol. The lowest BCUT2D eigenvalue weighted by Crippen LogP contribution is -2.49. The third kappa shape index (κ3) is 9.32. The topological polar surface area (TPSA) is 184 Å². The van der Waals surface area contributed by atoms with Crippen molar-refractivity contribution in [2.45, 2.75) is 19.3 Å². The van der Waals surface area contributed by atoms with E-state index in [1.807, 2.05) is 49.8 Å². The molecule has 3 aromatic carbocycles. The predicted octanol–water partition coefficient (Wildman–Crippen LogP) is 7.44. The molecule has 0 aliphatic carbocycles. The summed E-state index contributed by atoms with van der Waals surface area (Å²) in [5, 5.41) is 20.3. The van der Waals surface area contributed by atoms with E-state index >= 15 is 4.39 Å². The first kappa shape index (κ1) is 46.1. The second-order valence-electron chi connectivity index (χ2n) is 18.2. The largest absolute Gasteiger partial charge is 0.494 e.